The first-order valence-corrected chi connectivity index (χ1v) is 6.72. The molecule has 0 fully saturated rings. The molecule has 2 rings (SSSR count). The van der Waals surface area contributed by atoms with E-state index in [0.29, 0.717) is 27.8 Å². The zero-order valence-corrected chi connectivity index (χ0v) is 12.8. The molecule has 5 heteroatoms. The highest BCUT2D eigenvalue weighted by atomic mass is 35.5. The Balaban J connectivity index is 2.27. The first kappa shape index (κ1) is 15.2. The van der Waals surface area contributed by atoms with Gasteiger partial charge < -0.3 is 14.8 Å². The lowest BCUT2D eigenvalue weighted by Gasteiger charge is -2.11. The lowest BCUT2D eigenvalue weighted by molar-refractivity contribution is 0.102. The molecule has 1 N–H and O–H groups in total. The first-order valence-electron chi connectivity index (χ1n) is 6.34. The Morgan fingerprint density at radius 2 is 1.67 bits per heavy atom. The minimum Gasteiger partial charge on any atom is -0.497 e. The van der Waals surface area contributed by atoms with Crippen LogP contribution in [0.4, 0.5) is 5.69 Å². The average Bonchev–Trinajstić information content (AvgIpc) is 2.49. The normalized spacial score (nSPS) is 10.1. The summed E-state index contributed by atoms with van der Waals surface area (Å²) in [5.74, 6) is 0.886. The highest BCUT2D eigenvalue weighted by molar-refractivity contribution is 6.30. The van der Waals surface area contributed by atoms with E-state index < -0.39 is 0 Å². The summed E-state index contributed by atoms with van der Waals surface area (Å²) in [5, 5.41) is 3.48. The van der Waals surface area contributed by atoms with Crippen LogP contribution in [-0.4, -0.2) is 20.1 Å². The number of aryl methyl sites for hydroxylation is 1. The van der Waals surface area contributed by atoms with Crippen molar-refractivity contribution in [3.8, 4) is 11.5 Å². The third kappa shape index (κ3) is 3.67. The van der Waals surface area contributed by atoms with E-state index in [4.69, 9.17) is 21.1 Å². The van der Waals surface area contributed by atoms with E-state index in [9.17, 15) is 4.79 Å². The maximum atomic E-state index is 12.3. The van der Waals surface area contributed by atoms with Crippen LogP contribution >= 0.6 is 11.6 Å². The summed E-state index contributed by atoms with van der Waals surface area (Å²) >= 11 is 5.90. The number of hydrogen-bond acceptors (Lipinski definition) is 3. The number of benzene rings is 2. The molecule has 0 spiro atoms. The zero-order chi connectivity index (χ0) is 15.4. The fourth-order valence-corrected chi connectivity index (χ4v) is 2.13. The number of anilines is 1. The summed E-state index contributed by atoms with van der Waals surface area (Å²) < 4.78 is 10.3. The Labute approximate surface area is 128 Å². The van der Waals surface area contributed by atoms with Gasteiger partial charge in [-0.2, -0.15) is 0 Å². The van der Waals surface area contributed by atoms with Crippen LogP contribution in [0.3, 0.4) is 0 Å². The van der Waals surface area contributed by atoms with Gasteiger partial charge in [0.05, 0.1) is 14.2 Å². The molecular formula is C16H16ClNO3. The molecule has 2 aromatic carbocycles. The van der Waals surface area contributed by atoms with E-state index in [1.165, 1.54) is 0 Å². The second-order valence-electron chi connectivity index (χ2n) is 4.51. The van der Waals surface area contributed by atoms with Crippen LogP contribution in [0.2, 0.25) is 5.02 Å². The number of halogens is 1. The fraction of sp³-hybridized carbons (Fsp3) is 0.188. The van der Waals surface area contributed by atoms with E-state index in [2.05, 4.69) is 5.32 Å². The van der Waals surface area contributed by atoms with Gasteiger partial charge in [-0.3, -0.25) is 4.79 Å². The third-order valence-electron chi connectivity index (χ3n) is 3.05. The lowest BCUT2D eigenvalue weighted by Crippen LogP contribution is -2.13. The van der Waals surface area contributed by atoms with Crippen molar-refractivity contribution in [3.63, 3.8) is 0 Å². The summed E-state index contributed by atoms with van der Waals surface area (Å²) in [4.78, 5) is 12.3. The Hall–Kier alpha value is -2.20. The van der Waals surface area contributed by atoms with Crippen LogP contribution in [0.1, 0.15) is 15.9 Å². The van der Waals surface area contributed by atoms with Crippen molar-refractivity contribution in [1.82, 2.24) is 0 Å². The van der Waals surface area contributed by atoms with Crippen molar-refractivity contribution >= 4 is 23.2 Å². The number of carbonyl (C=O) groups excluding carboxylic acids is 1. The lowest BCUT2D eigenvalue weighted by atomic mass is 10.1. The van der Waals surface area contributed by atoms with Gasteiger partial charge in [0.15, 0.2) is 0 Å². The molecule has 0 aliphatic carbocycles. The summed E-state index contributed by atoms with van der Waals surface area (Å²) in [6.07, 6.45) is 0. The van der Waals surface area contributed by atoms with Gasteiger partial charge in [-0.15, -0.1) is 0 Å². The molecule has 0 radical (unpaired) electrons. The summed E-state index contributed by atoms with van der Waals surface area (Å²) in [5.41, 5.74) is 2.07. The first-order chi connectivity index (χ1) is 10.0. The second-order valence-corrected chi connectivity index (χ2v) is 4.95. The second kappa shape index (κ2) is 6.50. The third-order valence-corrected chi connectivity index (χ3v) is 3.29. The number of nitrogens with one attached hydrogen (secondary N) is 1. The Bertz CT molecular complexity index is 648. The van der Waals surface area contributed by atoms with Gasteiger partial charge in [0.25, 0.3) is 5.91 Å². The molecule has 21 heavy (non-hydrogen) atoms. The smallest absolute Gasteiger partial charge is 0.255 e. The molecule has 0 bridgehead atoms. The highest BCUT2D eigenvalue weighted by Crippen LogP contribution is 2.24. The summed E-state index contributed by atoms with van der Waals surface area (Å²) in [6.45, 7) is 1.88. The quantitative estimate of drug-likeness (QED) is 0.931. The zero-order valence-electron chi connectivity index (χ0n) is 12.1. The van der Waals surface area contributed by atoms with Gasteiger partial charge in [-0.05, 0) is 42.8 Å². The Kier molecular flexibility index (Phi) is 4.70. The maximum absolute atomic E-state index is 12.3. The van der Waals surface area contributed by atoms with Crippen molar-refractivity contribution in [2.45, 2.75) is 6.92 Å². The topological polar surface area (TPSA) is 47.6 Å². The number of hydrogen-bond donors (Lipinski definition) is 1. The van der Waals surface area contributed by atoms with Crippen molar-refractivity contribution < 1.29 is 14.3 Å². The number of amides is 1. The molecule has 0 heterocycles. The number of ether oxygens (including phenoxy) is 2. The Morgan fingerprint density at radius 1 is 1.05 bits per heavy atom. The van der Waals surface area contributed by atoms with Gasteiger partial charge >= 0.3 is 0 Å². The number of carbonyl (C=O) groups is 1. The predicted molar refractivity (Wildman–Crippen MR) is 83.7 cm³/mol. The standard InChI is InChI=1S/C16H16ClNO3/c1-10-6-12(17)4-5-15(10)18-16(19)11-7-13(20-2)9-14(8-11)21-3/h4-9H,1-3H3,(H,18,19). The SMILES string of the molecule is COc1cc(OC)cc(C(=O)Nc2ccc(Cl)cc2C)c1. The maximum Gasteiger partial charge on any atom is 0.255 e. The minimum atomic E-state index is -0.238. The van der Waals surface area contributed by atoms with Crippen molar-refractivity contribution in [2.75, 3.05) is 19.5 Å². The van der Waals surface area contributed by atoms with E-state index in [1.54, 1.807) is 50.6 Å². The number of rotatable bonds is 4. The molecule has 0 saturated carbocycles. The van der Waals surface area contributed by atoms with Gasteiger partial charge in [0.2, 0.25) is 0 Å². The molecule has 4 nitrogen and oxygen atoms in total. The van der Waals surface area contributed by atoms with E-state index >= 15 is 0 Å². The molecule has 0 saturated heterocycles. The van der Waals surface area contributed by atoms with Gasteiger partial charge in [0, 0.05) is 22.3 Å². The molecule has 0 aromatic heterocycles. The van der Waals surface area contributed by atoms with Crippen LogP contribution in [0.5, 0.6) is 11.5 Å². The average molecular weight is 306 g/mol. The number of methoxy groups -OCH3 is 2. The van der Waals surface area contributed by atoms with E-state index in [-0.39, 0.29) is 5.91 Å². The van der Waals surface area contributed by atoms with Crippen molar-refractivity contribution in [1.29, 1.82) is 0 Å². The predicted octanol–water partition coefficient (Wildman–Crippen LogP) is 3.92. The van der Waals surface area contributed by atoms with Crippen molar-refractivity contribution in [3.05, 3.63) is 52.5 Å². The summed E-state index contributed by atoms with van der Waals surface area (Å²) in [6, 6.07) is 10.3. The minimum absolute atomic E-state index is 0.238. The van der Waals surface area contributed by atoms with E-state index in [0.717, 1.165) is 5.56 Å². The van der Waals surface area contributed by atoms with Crippen LogP contribution in [0.25, 0.3) is 0 Å². The fourth-order valence-electron chi connectivity index (χ4n) is 1.90. The molecule has 0 aliphatic heterocycles. The van der Waals surface area contributed by atoms with Gasteiger partial charge in [-0.1, -0.05) is 11.6 Å². The monoisotopic (exact) mass is 305 g/mol. The van der Waals surface area contributed by atoms with Gasteiger partial charge in [0.1, 0.15) is 11.5 Å². The van der Waals surface area contributed by atoms with Gasteiger partial charge in [-0.25, -0.2) is 0 Å². The largest absolute Gasteiger partial charge is 0.497 e. The van der Waals surface area contributed by atoms with Crippen LogP contribution < -0.4 is 14.8 Å². The Morgan fingerprint density at radius 3 is 2.19 bits per heavy atom. The molecule has 0 aliphatic rings. The molecule has 1 amide bonds. The molecule has 2 aromatic rings. The molecule has 0 unspecified atom stereocenters. The van der Waals surface area contributed by atoms with Crippen LogP contribution in [0, 0.1) is 6.92 Å². The molecule has 0 atom stereocenters. The van der Waals surface area contributed by atoms with Crippen LogP contribution in [0.15, 0.2) is 36.4 Å². The highest BCUT2D eigenvalue weighted by Gasteiger charge is 2.11. The van der Waals surface area contributed by atoms with E-state index in [1.807, 2.05) is 6.92 Å². The molecular weight excluding hydrogens is 290 g/mol. The summed E-state index contributed by atoms with van der Waals surface area (Å²) in [7, 11) is 3.08. The van der Waals surface area contributed by atoms with Crippen molar-refractivity contribution in [2.24, 2.45) is 0 Å². The molecule has 110 valence electrons. The van der Waals surface area contributed by atoms with Crippen LogP contribution in [-0.2, 0) is 0 Å².